The summed E-state index contributed by atoms with van der Waals surface area (Å²) in [5.41, 5.74) is 1.17. The van der Waals surface area contributed by atoms with Gasteiger partial charge in [-0.3, -0.25) is 9.69 Å². The van der Waals surface area contributed by atoms with Crippen LogP contribution in [0.2, 0.25) is 0 Å². The van der Waals surface area contributed by atoms with E-state index in [1.165, 1.54) is 11.0 Å². The van der Waals surface area contributed by atoms with Crippen LogP contribution in [0.3, 0.4) is 0 Å². The number of benzene rings is 2. The van der Waals surface area contributed by atoms with Crippen molar-refractivity contribution in [1.29, 1.82) is 0 Å². The van der Waals surface area contributed by atoms with Crippen LogP contribution in [-0.4, -0.2) is 71.0 Å². The van der Waals surface area contributed by atoms with Crippen LogP contribution in [0.1, 0.15) is 45.7 Å². The smallest absolute Gasteiger partial charge is 0.379 e. The first-order valence-electron chi connectivity index (χ1n) is 13.8. The topological polar surface area (TPSA) is 66.7 Å². The molecule has 7 rings (SSSR count). The van der Waals surface area contributed by atoms with E-state index < -0.39 is 17.6 Å². The number of ether oxygens (including phenoxy) is 1. The molecule has 3 saturated heterocycles. The third kappa shape index (κ3) is 4.17. The molecule has 40 heavy (non-hydrogen) atoms. The van der Waals surface area contributed by atoms with Gasteiger partial charge in [-0.05, 0) is 54.8 Å². The Morgan fingerprint density at radius 2 is 1.95 bits per heavy atom. The van der Waals surface area contributed by atoms with Gasteiger partial charge in [-0.2, -0.15) is 13.2 Å². The number of carbonyl (C=O) groups excluding carboxylic acids is 1. The molecule has 1 atom stereocenters. The van der Waals surface area contributed by atoms with E-state index in [0.717, 1.165) is 37.3 Å². The highest BCUT2D eigenvalue weighted by Crippen LogP contribution is 2.43. The normalized spacial score (nSPS) is 22.4. The first-order chi connectivity index (χ1) is 19.2. The molecule has 0 unspecified atom stereocenters. The minimum Gasteiger partial charge on any atom is -0.379 e. The molecule has 4 aliphatic heterocycles. The maximum atomic E-state index is 14.4. The monoisotopic (exact) mass is 552 g/mol. The van der Waals surface area contributed by atoms with Crippen molar-refractivity contribution in [3.05, 3.63) is 70.8 Å². The number of alkyl halides is 3. The number of piperazine rings is 1. The number of aryl methyl sites for hydroxylation is 1. The van der Waals surface area contributed by atoms with E-state index in [9.17, 15) is 18.0 Å². The minimum atomic E-state index is -4.56. The summed E-state index contributed by atoms with van der Waals surface area (Å²) in [4.78, 5) is 19.6. The zero-order chi connectivity index (χ0) is 27.6. The fourth-order valence-electron chi connectivity index (χ4n) is 6.76. The molecule has 0 saturated carbocycles. The maximum absolute atomic E-state index is 14.4. The number of nitrogens with zero attached hydrogens (tertiary/aromatic N) is 6. The zero-order valence-corrected chi connectivity index (χ0v) is 22.3. The predicted molar refractivity (Wildman–Crippen MR) is 142 cm³/mol. The Morgan fingerprint density at radius 3 is 2.67 bits per heavy atom. The number of aromatic nitrogens is 3. The second-order valence-corrected chi connectivity index (χ2v) is 11.5. The van der Waals surface area contributed by atoms with E-state index in [1.807, 2.05) is 34.7 Å². The largest absolute Gasteiger partial charge is 0.416 e. The second-order valence-electron chi connectivity index (χ2n) is 11.5. The van der Waals surface area contributed by atoms with Gasteiger partial charge in [0.05, 0.1) is 25.3 Å². The van der Waals surface area contributed by atoms with Gasteiger partial charge in [-0.1, -0.05) is 12.1 Å². The summed E-state index contributed by atoms with van der Waals surface area (Å²) in [5.74, 6) is 0.422. The van der Waals surface area contributed by atoms with E-state index in [0.29, 0.717) is 50.1 Å². The van der Waals surface area contributed by atoms with Crippen molar-refractivity contribution in [3.63, 3.8) is 0 Å². The number of amides is 1. The lowest BCUT2D eigenvalue weighted by molar-refractivity contribution is -0.138. The third-order valence-electron chi connectivity index (χ3n) is 9.11. The molecule has 4 aliphatic rings. The van der Waals surface area contributed by atoms with Crippen molar-refractivity contribution in [3.8, 4) is 0 Å². The van der Waals surface area contributed by atoms with Crippen LogP contribution >= 0.6 is 0 Å². The Morgan fingerprint density at radius 1 is 1.10 bits per heavy atom. The number of rotatable bonds is 5. The molecule has 2 aromatic carbocycles. The van der Waals surface area contributed by atoms with Gasteiger partial charge < -0.3 is 19.1 Å². The number of halogens is 3. The lowest BCUT2D eigenvalue weighted by Gasteiger charge is -2.42. The Kier molecular flexibility index (Phi) is 5.94. The predicted octanol–water partition coefficient (Wildman–Crippen LogP) is 3.79. The van der Waals surface area contributed by atoms with Gasteiger partial charge in [0.15, 0.2) is 0 Å². The van der Waals surface area contributed by atoms with E-state index in [1.54, 1.807) is 18.5 Å². The van der Waals surface area contributed by atoms with E-state index in [4.69, 9.17) is 4.74 Å². The Labute approximate surface area is 230 Å². The summed E-state index contributed by atoms with van der Waals surface area (Å²) in [7, 11) is 1.89. The molecular weight excluding hydrogens is 521 g/mol. The summed E-state index contributed by atoms with van der Waals surface area (Å²) >= 11 is 0. The molecule has 3 aromatic rings. The van der Waals surface area contributed by atoms with Crippen LogP contribution in [0.5, 0.6) is 0 Å². The number of carbonyl (C=O) groups is 1. The van der Waals surface area contributed by atoms with Crippen LogP contribution in [0.4, 0.5) is 24.5 Å². The van der Waals surface area contributed by atoms with Crippen LogP contribution in [0, 0.1) is 0 Å². The number of anilines is 2. The molecule has 0 N–H and O–H groups in total. The molecule has 5 heterocycles. The van der Waals surface area contributed by atoms with E-state index in [-0.39, 0.29) is 23.1 Å². The van der Waals surface area contributed by atoms with E-state index >= 15 is 0 Å². The zero-order valence-electron chi connectivity index (χ0n) is 22.3. The van der Waals surface area contributed by atoms with Crippen molar-refractivity contribution < 1.29 is 22.7 Å². The van der Waals surface area contributed by atoms with Crippen LogP contribution in [0.15, 0.2) is 42.7 Å². The van der Waals surface area contributed by atoms with Gasteiger partial charge in [0.1, 0.15) is 12.2 Å². The van der Waals surface area contributed by atoms with Gasteiger partial charge in [-0.15, -0.1) is 10.2 Å². The summed E-state index contributed by atoms with van der Waals surface area (Å²) in [6, 6.07) is 10.8. The average molecular weight is 553 g/mol. The first kappa shape index (κ1) is 25.5. The maximum Gasteiger partial charge on any atom is 0.416 e. The van der Waals surface area contributed by atoms with Crippen LogP contribution in [0.25, 0.3) is 0 Å². The highest BCUT2D eigenvalue weighted by atomic mass is 19.4. The van der Waals surface area contributed by atoms with Gasteiger partial charge in [-0.25, -0.2) is 0 Å². The molecule has 210 valence electrons. The summed E-state index contributed by atoms with van der Waals surface area (Å²) in [6.45, 7) is 4.09. The average Bonchev–Trinajstić information content (AvgIpc) is 3.63. The molecule has 11 heteroatoms. The Hall–Kier alpha value is -3.44. The van der Waals surface area contributed by atoms with Gasteiger partial charge in [0, 0.05) is 61.5 Å². The highest BCUT2D eigenvalue weighted by molar-refractivity contribution is 6.11. The summed E-state index contributed by atoms with van der Waals surface area (Å²) in [5, 5.41) is 8.20. The molecule has 1 amide bonds. The van der Waals surface area contributed by atoms with Gasteiger partial charge in [0.2, 0.25) is 0 Å². The van der Waals surface area contributed by atoms with Crippen LogP contribution in [-0.2, 0) is 36.3 Å². The highest BCUT2D eigenvalue weighted by Gasteiger charge is 2.44. The molecule has 3 fully saturated rings. The molecule has 0 bridgehead atoms. The SMILES string of the molecule is Cn1cnnc1CC1(c2cccc(N3Cc4c(cc(N5CCN6CCC[C@H]6C5)cc4C(F)(F)F)C3=O)c2)COC1. The quantitative estimate of drug-likeness (QED) is 0.480. The number of fused-ring (bicyclic) bond motifs is 2. The lowest BCUT2D eigenvalue weighted by Crippen LogP contribution is -2.50. The second kappa shape index (κ2) is 9.31. The van der Waals surface area contributed by atoms with Gasteiger partial charge >= 0.3 is 6.18 Å². The Bertz CT molecular complexity index is 1470. The fraction of sp³-hybridized carbons (Fsp3) is 0.483. The van der Waals surface area contributed by atoms with Crippen molar-refractivity contribution in [1.82, 2.24) is 19.7 Å². The van der Waals surface area contributed by atoms with E-state index in [2.05, 4.69) is 15.1 Å². The third-order valence-corrected chi connectivity index (χ3v) is 9.11. The van der Waals surface area contributed by atoms with Gasteiger partial charge in [0.25, 0.3) is 5.91 Å². The van der Waals surface area contributed by atoms with Crippen molar-refractivity contribution in [2.45, 2.75) is 43.4 Å². The number of hydrogen-bond donors (Lipinski definition) is 0. The molecule has 0 aliphatic carbocycles. The van der Waals surface area contributed by atoms with Crippen molar-refractivity contribution in [2.75, 3.05) is 49.2 Å². The standard InChI is InChI=1S/C29H31F3N6O2/c1-35-18-33-34-26(35)13-28(16-40-17-28)19-4-2-5-20(10-19)38-15-24-23(27(38)39)11-22(12-25(24)29(30,31)32)37-9-8-36-7-3-6-21(36)14-37/h2,4-5,10-12,18,21H,3,6-9,13-17H2,1H3/t21-/m0/s1. The summed E-state index contributed by atoms with van der Waals surface area (Å²) in [6.07, 6.45) is -0.123. The summed E-state index contributed by atoms with van der Waals surface area (Å²) < 4.78 is 50.6. The molecule has 1 aromatic heterocycles. The lowest BCUT2D eigenvalue weighted by atomic mass is 9.75. The van der Waals surface area contributed by atoms with Crippen molar-refractivity contribution in [2.24, 2.45) is 7.05 Å². The first-order valence-corrected chi connectivity index (χ1v) is 13.8. The van der Waals surface area contributed by atoms with Crippen LogP contribution < -0.4 is 9.80 Å². The molecule has 8 nitrogen and oxygen atoms in total. The minimum absolute atomic E-state index is 0.0481. The fourth-order valence-corrected chi connectivity index (χ4v) is 6.76. The Balaban J connectivity index is 1.21. The molecule has 0 spiro atoms. The molecule has 0 radical (unpaired) electrons. The number of hydrogen-bond acceptors (Lipinski definition) is 6. The molecular formula is C29H31F3N6O2. The van der Waals surface area contributed by atoms with Crippen molar-refractivity contribution >= 4 is 17.3 Å².